The van der Waals surface area contributed by atoms with Crippen molar-refractivity contribution in [1.29, 1.82) is 5.26 Å². The average Bonchev–Trinajstić information content (AvgIpc) is 2.79. The maximum atomic E-state index is 12.7. The van der Waals surface area contributed by atoms with Crippen LogP contribution < -0.4 is 9.47 Å². The Morgan fingerprint density at radius 1 is 1.10 bits per heavy atom. The van der Waals surface area contributed by atoms with Crippen LogP contribution in [0, 0.1) is 11.3 Å². The predicted octanol–water partition coefficient (Wildman–Crippen LogP) is 4.94. The standard InChI is InChI=1S/C22H16Cl2N2O4/c1-28-21(27)22(14-25,30-16-5-3-2-4-6-16)18-11-17(12-19(23)20(18)24)29-13-15-7-9-26-10-8-15/h2-12H,13H2,1H3. The van der Waals surface area contributed by atoms with Gasteiger partial charge in [-0.2, -0.15) is 5.26 Å². The molecule has 1 atom stereocenters. The number of hydrogen-bond acceptors (Lipinski definition) is 6. The molecular formula is C22H16Cl2N2O4. The van der Waals surface area contributed by atoms with Crippen LogP contribution in [-0.4, -0.2) is 18.1 Å². The Labute approximate surface area is 183 Å². The van der Waals surface area contributed by atoms with Crippen LogP contribution in [0.2, 0.25) is 10.0 Å². The summed E-state index contributed by atoms with van der Waals surface area (Å²) in [5.41, 5.74) is -1.30. The third kappa shape index (κ3) is 4.48. The number of methoxy groups -OCH3 is 1. The molecule has 8 heteroatoms. The van der Waals surface area contributed by atoms with Gasteiger partial charge in [-0.25, -0.2) is 4.79 Å². The largest absolute Gasteiger partial charge is 0.489 e. The third-order valence-corrected chi connectivity index (χ3v) is 4.98. The van der Waals surface area contributed by atoms with Gasteiger partial charge in [-0.1, -0.05) is 41.4 Å². The molecule has 0 saturated carbocycles. The maximum Gasteiger partial charge on any atom is 0.370 e. The first-order chi connectivity index (χ1) is 14.5. The SMILES string of the molecule is COC(=O)C(C#N)(Oc1ccccc1)c1cc(OCc2ccncc2)cc(Cl)c1Cl. The van der Waals surface area contributed by atoms with Crippen LogP contribution in [0.3, 0.4) is 0 Å². The molecule has 6 nitrogen and oxygen atoms in total. The van der Waals surface area contributed by atoms with Gasteiger partial charge >= 0.3 is 11.6 Å². The lowest BCUT2D eigenvalue weighted by Crippen LogP contribution is -2.41. The zero-order valence-corrected chi connectivity index (χ0v) is 17.4. The Kier molecular flexibility index (Phi) is 6.78. The number of rotatable bonds is 7. The quantitative estimate of drug-likeness (QED) is 0.482. The Morgan fingerprint density at radius 3 is 2.43 bits per heavy atom. The van der Waals surface area contributed by atoms with Crippen molar-refractivity contribution in [3.05, 3.63) is 88.2 Å². The number of ether oxygens (including phenoxy) is 3. The molecule has 0 aliphatic heterocycles. The van der Waals surface area contributed by atoms with Crippen LogP contribution in [0.25, 0.3) is 0 Å². The van der Waals surface area contributed by atoms with Gasteiger partial charge in [0.25, 0.3) is 0 Å². The first-order valence-electron chi connectivity index (χ1n) is 8.75. The zero-order valence-electron chi connectivity index (χ0n) is 15.8. The molecule has 3 aromatic rings. The van der Waals surface area contributed by atoms with Gasteiger partial charge in [0.2, 0.25) is 0 Å². The first-order valence-corrected chi connectivity index (χ1v) is 9.50. The van der Waals surface area contributed by atoms with E-state index in [1.807, 2.05) is 6.07 Å². The van der Waals surface area contributed by atoms with Gasteiger partial charge in [0, 0.05) is 24.0 Å². The van der Waals surface area contributed by atoms with Crippen molar-refractivity contribution in [3.63, 3.8) is 0 Å². The normalized spacial score (nSPS) is 12.3. The molecule has 1 unspecified atom stereocenters. The highest BCUT2D eigenvalue weighted by Gasteiger charge is 2.47. The molecule has 0 fully saturated rings. The van der Waals surface area contributed by atoms with Gasteiger partial charge in [0.05, 0.1) is 17.2 Å². The number of hydrogen-bond donors (Lipinski definition) is 0. The highest BCUT2D eigenvalue weighted by Crippen LogP contribution is 2.40. The van der Waals surface area contributed by atoms with E-state index in [0.29, 0.717) is 5.75 Å². The summed E-state index contributed by atoms with van der Waals surface area (Å²) in [7, 11) is 1.15. The van der Waals surface area contributed by atoms with E-state index < -0.39 is 11.6 Å². The minimum absolute atomic E-state index is 0.0135. The number of pyridine rings is 1. The Bertz CT molecular complexity index is 1070. The van der Waals surface area contributed by atoms with E-state index in [4.69, 9.17) is 37.4 Å². The Balaban J connectivity index is 2.05. The number of nitriles is 1. The van der Waals surface area contributed by atoms with Gasteiger partial charge in [-0.05, 0) is 35.9 Å². The van der Waals surface area contributed by atoms with Gasteiger partial charge in [0.1, 0.15) is 24.2 Å². The summed E-state index contributed by atoms with van der Waals surface area (Å²) < 4.78 is 16.4. The summed E-state index contributed by atoms with van der Waals surface area (Å²) in [5.74, 6) is -0.366. The monoisotopic (exact) mass is 442 g/mol. The van der Waals surface area contributed by atoms with Crippen molar-refractivity contribution in [1.82, 2.24) is 4.98 Å². The van der Waals surface area contributed by atoms with Crippen molar-refractivity contribution < 1.29 is 19.0 Å². The topological polar surface area (TPSA) is 81.4 Å². The van der Waals surface area contributed by atoms with E-state index in [2.05, 4.69) is 4.98 Å². The zero-order chi connectivity index (χ0) is 21.6. The van der Waals surface area contributed by atoms with E-state index in [-0.39, 0.29) is 28.0 Å². The molecule has 152 valence electrons. The summed E-state index contributed by atoms with van der Waals surface area (Å²) in [6.45, 7) is 0.219. The summed E-state index contributed by atoms with van der Waals surface area (Å²) in [6, 6.07) is 16.8. The molecule has 30 heavy (non-hydrogen) atoms. The number of benzene rings is 2. The van der Waals surface area contributed by atoms with E-state index >= 15 is 0 Å². The maximum absolute atomic E-state index is 12.7. The second kappa shape index (κ2) is 9.49. The van der Waals surface area contributed by atoms with Crippen molar-refractivity contribution in [3.8, 4) is 17.6 Å². The fourth-order valence-corrected chi connectivity index (χ4v) is 3.15. The number of nitrogens with zero attached hydrogens (tertiary/aromatic N) is 2. The molecule has 2 aromatic carbocycles. The van der Waals surface area contributed by atoms with Gasteiger partial charge in [-0.3, -0.25) is 4.98 Å². The number of para-hydroxylation sites is 1. The molecule has 3 rings (SSSR count). The number of aromatic nitrogens is 1. The van der Waals surface area contributed by atoms with Crippen molar-refractivity contribution in [2.45, 2.75) is 12.2 Å². The fourth-order valence-electron chi connectivity index (χ4n) is 2.69. The summed E-state index contributed by atoms with van der Waals surface area (Å²) >= 11 is 12.7. The predicted molar refractivity (Wildman–Crippen MR) is 111 cm³/mol. The molecular weight excluding hydrogens is 427 g/mol. The second-order valence-corrected chi connectivity index (χ2v) is 6.90. The number of carbonyl (C=O) groups excluding carboxylic acids is 1. The molecule has 0 N–H and O–H groups in total. The minimum Gasteiger partial charge on any atom is -0.489 e. The van der Waals surface area contributed by atoms with Gasteiger partial charge in [0.15, 0.2) is 0 Å². The number of esters is 1. The van der Waals surface area contributed by atoms with E-state index in [9.17, 15) is 10.1 Å². The highest BCUT2D eigenvalue weighted by molar-refractivity contribution is 6.42. The molecule has 0 aliphatic carbocycles. The van der Waals surface area contributed by atoms with E-state index in [0.717, 1.165) is 12.7 Å². The molecule has 0 aliphatic rings. The molecule has 0 amide bonds. The Morgan fingerprint density at radius 2 is 1.80 bits per heavy atom. The smallest absolute Gasteiger partial charge is 0.370 e. The average molecular weight is 443 g/mol. The number of halogens is 2. The van der Waals surface area contributed by atoms with Crippen LogP contribution in [0.15, 0.2) is 67.0 Å². The van der Waals surface area contributed by atoms with Crippen LogP contribution in [0.4, 0.5) is 0 Å². The van der Waals surface area contributed by atoms with Crippen molar-refractivity contribution in [2.75, 3.05) is 7.11 Å². The third-order valence-electron chi connectivity index (χ3n) is 4.18. The van der Waals surface area contributed by atoms with Crippen molar-refractivity contribution in [2.24, 2.45) is 0 Å². The van der Waals surface area contributed by atoms with Gasteiger partial charge in [-0.15, -0.1) is 0 Å². The summed E-state index contributed by atoms with van der Waals surface area (Å²) in [4.78, 5) is 16.7. The van der Waals surface area contributed by atoms with E-state index in [1.165, 1.54) is 12.1 Å². The van der Waals surface area contributed by atoms with Crippen LogP contribution in [0.5, 0.6) is 11.5 Å². The molecule has 1 heterocycles. The lowest BCUT2D eigenvalue weighted by Gasteiger charge is -2.27. The van der Waals surface area contributed by atoms with Crippen LogP contribution >= 0.6 is 23.2 Å². The number of carbonyl (C=O) groups is 1. The van der Waals surface area contributed by atoms with Crippen LogP contribution in [-0.2, 0) is 21.7 Å². The summed E-state index contributed by atoms with van der Waals surface area (Å²) in [5, 5.41) is 10.1. The van der Waals surface area contributed by atoms with Crippen molar-refractivity contribution >= 4 is 29.2 Å². The lowest BCUT2D eigenvalue weighted by molar-refractivity contribution is -0.155. The van der Waals surface area contributed by atoms with E-state index in [1.54, 1.807) is 54.9 Å². The fraction of sp³-hybridized carbons (Fsp3) is 0.136. The minimum atomic E-state index is -2.19. The molecule has 0 saturated heterocycles. The lowest BCUT2D eigenvalue weighted by atomic mass is 9.94. The second-order valence-electron chi connectivity index (χ2n) is 6.11. The highest BCUT2D eigenvalue weighted by atomic mass is 35.5. The molecule has 0 spiro atoms. The molecule has 0 bridgehead atoms. The molecule has 0 radical (unpaired) electrons. The molecule has 1 aromatic heterocycles. The van der Waals surface area contributed by atoms with Crippen LogP contribution in [0.1, 0.15) is 11.1 Å². The Hall–Kier alpha value is -3.27. The first kappa shape index (κ1) is 21.4. The summed E-state index contributed by atoms with van der Waals surface area (Å²) in [6.07, 6.45) is 3.29. The van der Waals surface area contributed by atoms with Gasteiger partial charge < -0.3 is 14.2 Å².